The van der Waals surface area contributed by atoms with Crippen molar-refractivity contribution in [3.8, 4) is 0 Å². The third-order valence-electron chi connectivity index (χ3n) is 3.03. The highest BCUT2D eigenvalue weighted by atomic mass is 32.1. The number of pyridine rings is 1. The van der Waals surface area contributed by atoms with E-state index in [2.05, 4.69) is 4.98 Å². The topological polar surface area (TPSA) is 84.9 Å². The van der Waals surface area contributed by atoms with Crippen molar-refractivity contribution in [3.63, 3.8) is 0 Å². The van der Waals surface area contributed by atoms with E-state index in [-0.39, 0.29) is 4.99 Å². The average Bonchev–Trinajstić information content (AvgIpc) is 2.27. The number of hydrogen-bond acceptors (Lipinski definition) is 3. The number of primary amides is 1. The predicted octanol–water partition coefficient (Wildman–Crippen LogP) is 1.36. The van der Waals surface area contributed by atoms with Crippen LogP contribution in [0.15, 0.2) is 0 Å². The van der Waals surface area contributed by atoms with Crippen LogP contribution in [-0.2, 0) is 12.8 Å². The summed E-state index contributed by atoms with van der Waals surface area (Å²) >= 11 is 10.1. The van der Waals surface area contributed by atoms with Crippen LogP contribution in [0, 0.1) is 4.64 Å². The Kier molecular flexibility index (Phi) is 3.26. The molecule has 1 heterocycles. The summed E-state index contributed by atoms with van der Waals surface area (Å²) in [5.74, 6) is -0.487. The number of aromatic nitrogens is 1. The van der Waals surface area contributed by atoms with Crippen LogP contribution in [0.2, 0.25) is 0 Å². The van der Waals surface area contributed by atoms with Crippen LogP contribution in [0.3, 0.4) is 0 Å². The zero-order valence-electron chi connectivity index (χ0n) is 9.21. The third kappa shape index (κ3) is 2.10. The first-order chi connectivity index (χ1) is 8.02. The molecule has 0 aliphatic heterocycles. The SMILES string of the molecule is NC(=O)c1c2c(c(C(N)=S)[nH]c1=S)CCCC2. The maximum Gasteiger partial charge on any atom is 0.251 e. The van der Waals surface area contributed by atoms with Crippen LogP contribution in [-0.4, -0.2) is 15.9 Å². The van der Waals surface area contributed by atoms with Crippen LogP contribution < -0.4 is 11.5 Å². The molecule has 0 fully saturated rings. The molecular weight excluding hydrogens is 254 g/mol. The smallest absolute Gasteiger partial charge is 0.251 e. The van der Waals surface area contributed by atoms with Gasteiger partial charge in [-0.15, -0.1) is 0 Å². The number of rotatable bonds is 2. The van der Waals surface area contributed by atoms with Crippen molar-refractivity contribution in [2.75, 3.05) is 0 Å². The summed E-state index contributed by atoms with van der Waals surface area (Å²) in [6.45, 7) is 0. The molecule has 1 aromatic heterocycles. The maximum atomic E-state index is 11.4. The van der Waals surface area contributed by atoms with E-state index in [1.54, 1.807) is 0 Å². The number of amides is 1. The van der Waals surface area contributed by atoms with Gasteiger partial charge in [0.25, 0.3) is 5.91 Å². The summed E-state index contributed by atoms with van der Waals surface area (Å²) in [7, 11) is 0. The first-order valence-corrected chi connectivity index (χ1v) is 6.21. The normalized spacial score (nSPS) is 14.1. The van der Waals surface area contributed by atoms with Gasteiger partial charge in [-0.2, -0.15) is 0 Å². The van der Waals surface area contributed by atoms with Crippen molar-refractivity contribution >= 4 is 35.3 Å². The van der Waals surface area contributed by atoms with Crippen LogP contribution in [0.5, 0.6) is 0 Å². The fourth-order valence-electron chi connectivity index (χ4n) is 2.32. The van der Waals surface area contributed by atoms with Gasteiger partial charge in [-0.3, -0.25) is 4.79 Å². The molecule has 0 aromatic carbocycles. The first-order valence-electron chi connectivity index (χ1n) is 5.40. The van der Waals surface area contributed by atoms with Gasteiger partial charge in [-0.25, -0.2) is 0 Å². The maximum absolute atomic E-state index is 11.4. The van der Waals surface area contributed by atoms with Crippen molar-refractivity contribution in [3.05, 3.63) is 27.0 Å². The molecule has 0 spiro atoms. The Bertz CT molecular complexity index is 563. The summed E-state index contributed by atoms with van der Waals surface area (Å²) in [5, 5.41) is 0. The third-order valence-corrected chi connectivity index (χ3v) is 3.54. The summed E-state index contributed by atoms with van der Waals surface area (Å²) in [6, 6.07) is 0. The molecule has 4 nitrogen and oxygen atoms in total. The fraction of sp³-hybridized carbons (Fsp3) is 0.364. The van der Waals surface area contributed by atoms with Gasteiger partial charge in [0, 0.05) is 0 Å². The number of H-pyrrole nitrogens is 1. The molecule has 0 atom stereocenters. The van der Waals surface area contributed by atoms with Gasteiger partial charge in [0.05, 0.1) is 11.3 Å². The molecule has 1 aliphatic carbocycles. The zero-order chi connectivity index (χ0) is 12.6. The molecule has 5 N–H and O–H groups in total. The van der Waals surface area contributed by atoms with Crippen LogP contribution in [0.25, 0.3) is 0 Å². The number of aromatic amines is 1. The lowest BCUT2D eigenvalue weighted by Gasteiger charge is -2.21. The van der Waals surface area contributed by atoms with Crippen molar-refractivity contribution < 1.29 is 4.79 Å². The Hall–Kier alpha value is -1.27. The Morgan fingerprint density at radius 1 is 1.18 bits per heavy atom. The predicted molar refractivity (Wildman–Crippen MR) is 72.7 cm³/mol. The number of carbonyl (C=O) groups is 1. The quantitative estimate of drug-likeness (QED) is 0.706. The molecule has 1 aliphatic rings. The van der Waals surface area contributed by atoms with Gasteiger partial charge >= 0.3 is 0 Å². The number of nitrogens with one attached hydrogen (secondary N) is 1. The highest BCUT2D eigenvalue weighted by Gasteiger charge is 2.22. The van der Waals surface area contributed by atoms with Gasteiger partial charge in [-0.05, 0) is 36.8 Å². The van der Waals surface area contributed by atoms with Gasteiger partial charge in [0.15, 0.2) is 0 Å². The van der Waals surface area contributed by atoms with Gasteiger partial charge in [0.1, 0.15) is 9.63 Å². The first kappa shape index (κ1) is 12.2. The van der Waals surface area contributed by atoms with Crippen molar-refractivity contribution in [2.24, 2.45) is 11.5 Å². The molecular formula is C11H13N3OS2. The minimum atomic E-state index is -0.487. The highest BCUT2D eigenvalue weighted by Crippen LogP contribution is 2.27. The number of hydrogen-bond donors (Lipinski definition) is 3. The molecule has 0 saturated heterocycles. The molecule has 1 aromatic rings. The Balaban J connectivity index is 2.78. The van der Waals surface area contributed by atoms with Crippen molar-refractivity contribution in [1.29, 1.82) is 0 Å². The van der Waals surface area contributed by atoms with E-state index in [9.17, 15) is 4.79 Å². The summed E-state index contributed by atoms with van der Waals surface area (Å²) < 4.78 is 0.334. The number of carbonyl (C=O) groups excluding carboxylic acids is 1. The van der Waals surface area contributed by atoms with E-state index in [1.807, 2.05) is 0 Å². The fourth-order valence-corrected chi connectivity index (χ4v) is 2.82. The lowest BCUT2D eigenvalue weighted by atomic mass is 9.87. The van der Waals surface area contributed by atoms with E-state index in [4.69, 9.17) is 35.9 Å². The molecule has 90 valence electrons. The summed E-state index contributed by atoms with van der Waals surface area (Å²) in [4.78, 5) is 14.7. The second-order valence-electron chi connectivity index (χ2n) is 4.10. The molecule has 0 saturated carbocycles. The largest absolute Gasteiger partial charge is 0.388 e. The lowest BCUT2D eigenvalue weighted by Crippen LogP contribution is -2.24. The number of fused-ring (bicyclic) bond motifs is 1. The minimum Gasteiger partial charge on any atom is -0.388 e. The molecule has 2 rings (SSSR count). The monoisotopic (exact) mass is 267 g/mol. The standard InChI is InChI=1S/C11H13N3OS2/c12-9(15)7-5-3-1-2-4-6(5)8(10(13)16)14-11(7)17/h1-4H2,(H2,12,15)(H2,13,16)(H,14,17). The molecule has 0 unspecified atom stereocenters. The van der Waals surface area contributed by atoms with Crippen LogP contribution in [0.4, 0.5) is 0 Å². The van der Waals surface area contributed by atoms with E-state index in [1.165, 1.54) is 0 Å². The van der Waals surface area contributed by atoms with Crippen molar-refractivity contribution in [1.82, 2.24) is 4.98 Å². The molecule has 1 amide bonds. The van der Waals surface area contributed by atoms with Crippen molar-refractivity contribution in [2.45, 2.75) is 25.7 Å². The van der Waals surface area contributed by atoms with Crippen LogP contribution in [0.1, 0.15) is 40.0 Å². The number of thiocarbonyl (C=S) groups is 1. The van der Waals surface area contributed by atoms with E-state index in [0.717, 1.165) is 36.8 Å². The Morgan fingerprint density at radius 2 is 1.76 bits per heavy atom. The van der Waals surface area contributed by atoms with E-state index >= 15 is 0 Å². The molecule has 17 heavy (non-hydrogen) atoms. The lowest BCUT2D eigenvalue weighted by molar-refractivity contribution is 0.0998. The molecule has 6 heteroatoms. The summed E-state index contributed by atoms with van der Waals surface area (Å²) in [6.07, 6.45) is 3.75. The molecule has 0 radical (unpaired) electrons. The Morgan fingerprint density at radius 3 is 2.29 bits per heavy atom. The summed E-state index contributed by atoms with van der Waals surface area (Å²) in [5.41, 5.74) is 14.1. The van der Waals surface area contributed by atoms with E-state index in [0.29, 0.717) is 15.9 Å². The zero-order valence-corrected chi connectivity index (χ0v) is 10.8. The second kappa shape index (κ2) is 4.54. The van der Waals surface area contributed by atoms with Gasteiger partial charge in [0.2, 0.25) is 0 Å². The van der Waals surface area contributed by atoms with Gasteiger partial charge in [-0.1, -0.05) is 24.4 Å². The highest BCUT2D eigenvalue weighted by molar-refractivity contribution is 7.80. The van der Waals surface area contributed by atoms with Crippen LogP contribution >= 0.6 is 24.4 Å². The van der Waals surface area contributed by atoms with E-state index < -0.39 is 5.91 Å². The average molecular weight is 267 g/mol. The minimum absolute atomic E-state index is 0.283. The number of nitrogens with two attached hydrogens (primary N) is 2. The molecule has 0 bridgehead atoms. The Labute approximate surface area is 109 Å². The van der Waals surface area contributed by atoms with Gasteiger partial charge < -0.3 is 16.5 Å². The second-order valence-corrected chi connectivity index (χ2v) is 4.94.